The summed E-state index contributed by atoms with van der Waals surface area (Å²) in [5, 5.41) is 3.36. The van der Waals surface area contributed by atoms with Crippen LogP contribution in [0.15, 0.2) is 0 Å². The maximum absolute atomic E-state index is 12.3. The molecule has 1 aliphatic carbocycles. The van der Waals surface area contributed by atoms with Crippen molar-refractivity contribution in [3.05, 3.63) is 0 Å². The zero-order valence-electron chi connectivity index (χ0n) is 8.69. The Morgan fingerprint density at radius 2 is 1.69 bits per heavy atom. The zero-order valence-corrected chi connectivity index (χ0v) is 8.69. The molecule has 1 fully saturated rings. The molecule has 0 heterocycles. The van der Waals surface area contributed by atoms with Crippen LogP contribution in [0.25, 0.3) is 0 Å². The fraction of sp³-hybridized carbons (Fsp3) is 1.00. The minimum Gasteiger partial charge on any atom is -0.309 e. The van der Waals surface area contributed by atoms with E-state index in [9.17, 15) is 4.39 Å². The van der Waals surface area contributed by atoms with Crippen LogP contribution in [0.5, 0.6) is 0 Å². The smallest absolute Gasteiger partial charge is 0.104 e. The van der Waals surface area contributed by atoms with Crippen molar-refractivity contribution in [2.24, 2.45) is 0 Å². The van der Waals surface area contributed by atoms with Crippen molar-refractivity contribution in [1.29, 1.82) is 0 Å². The molecule has 1 aliphatic rings. The van der Waals surface area contributed by atoms with Crippen molar-refractivity contribution in [2.75, 3.05) is 6.67 Å². The first-order valence-electron chi connectivity index (χ1n) is 5.65. The number of rotatable bonds is 3. The van der Waals surface area contributed by atoms with Crippen molar-refractivity contribution in [1.82, 2.24) is 5.32 Å². The summed E-state index contributed by atoms with van der Waals surface area (Å²) in [7, 11) is 0. The Morgan fingerprint density at radius 3 is 2.23 bits per heavy atom. The van der Waals surface area contributed by atoms with Crippen LogP contribution in [0.3, 0.4) is 0 Å². The molecule has 78 valence electrons. The number of hydrogen-bond donors (Lipinski definition) is 1. The summed E-state index contributed by atoms with van der Waals surface area (Å²) in [6, 6.07) is 0.621. The molecular formula is C11H22FN. The molecule has 1 N–H and O–H groups in total. The van der Waals surface area contributed by atoms with Crippen LogP contribution >= 0.6 is 0 Å². The lowest BCUT2D eigenvalue weighted by molar-refractivity contribution is 0.318. The predicted octanol–water partition coefficient (Wildman–Crippen LogP) is 3.05. The van der Waals surface area contributed by atoms with Crippen molar-refractivity contribution in [3.8, 4) is 0 Å². The van der Waals surface area contributed by atoms with E-state index in [-0.39, 0.29) is 12.7 Å². The minimum atomic E-state index is -0.240. The van der Waals surface area contributed by atoms with E-state index in [4.69, 9.17) is 0 Å². The van der Waals surface area contributed by atoms with Gasteiger partial charge < -0.3 is 5.32 Å². The summed E-state index contributed by atoms with van der Waals surface area (Å²) in [4.78, 5) is 0. The Hall–Kier alpha value is -0.110. The highest BCUT2D eigenvalue weighted by Gasteiger charge is 2.13. The standard InChI is InChI=1S/C11H22FN/c1-10(9-12)13-11-7-5-3-2-4-6-8-11/h10-11,13H,2-9H2,1H3. The topological polar surface area (TPSA) is 12.0 Å². The van der Waals surface area contributed by atoms with E-state index >= 15 is 0 Å². The number of alkyl halides is 1. The van der Waals surface area contributed by atoms with Crippen molar-refractivity contribution < 1.29 is 4.39 Å². The number of nitrogens with one attached hydrogen (secondary N) is 1. The minimum absolute atomic E-state index is 0.0458. The highest BCUT2D eigenvalue weighted by Crippen LogP contribution is 2.17. The van der Waals surface area contributed by atoms with Gasteiger partial charge in [0.2, 0.25) is 0 Å². The van der Waals surface area contributed by atoms with Gasteiger partial charge in [-0.25, -0.2) is 4.39 Å². The molecule has 2 heteroatoms. The molecule has 0 spiro atoms. The molecule has 1 saturated carbocycles. The molecule has 0 aromatic rings. The molecule has 1 unspecified atom stereocenters. The van der Waals surface area contributed by atoms with Gasteiger partial charge in [-0.05, 0) is 19.8 Å². The van der Waals surface area contributed by atoms with Gasteiger partial charge in [0.1, 0.15) is 6.67 Å². The molecule has 0 aliphatic heterocycles. The van der Waals surface area contributed by atoms with E-state index < -0.39 is 0 Å². The molecule has 1 atom stereocenters. The molecule has 1 rings (SSSR count). The van der Waals surface area contributed by atoms with Crippen LogP contribution in [0.2, 0.25) is 0 Å². The lowest BCUT2D eigenvalue weighted by Gasteiger charge is -2.23. The van der Waals surface area contributed by atoms with Gasteiger partial charge in [0.25, 0.3) is 0 Å². The molecule has 1 nitrogen and oxygen atoms in total. The quantitative estimate of drug-likeness (QED) is 0.716. The van der Waals surface area contributed by atoms with E-state index in [0.29, 0.717) is 6.04 Å². The van der Waals surface area contributed by atoms with Gasteiger partial charge in [-0.2, -0.15) is 0 Å². The third-order valence-corrected chi connectivity index (χ3v) is 2.86. The van der Waals surface area contributed by atoms with Crippen molar-refractivity contribution in [2.45, 2.75) is 64.0 Å². The van der Waals surface area contributed by atoms with Crippen LogP contribution in [0.4, 0.5) is 4.39 Å². The predicted molar refractivity (Wildman–Crippen MR) is 54.7 cm³/mol. The van der Waals surface area contributed by atoms with Gasteiger partial charge in [-0.15, -0.1) is 0 Å². The fourth-order valence-electron chi connectivity index (χ4n) is 2.07. The molecular weight excluding hydrogens is 165 g/mol. The Balaban J connectivity index is 2.21. The summed E-state index contributed by atoms with van der Waals surface area (Å²) in [5.41, 5.74) is 0. The monoisotopic (exact) mass is 187 g/mol. The van der Waals surface area contributed by atoms with Crippen LogP contribution in [0.1, 0.15) is 51.9 Å². The molecule has 0 aromatic heterocycles. The van der Waals surface area contributed by atoms with E-state index in [2.05, 4.69) is 5.32 Å². The third kappa shape index (κ3) is 4.61. The van der Waals surface area contributed by atoms with E-state index in [1.165, 1.54) is 44.9 Å². The Kier molecular flexibility index (Phi) is 5.37. The zero-order chi connectivity index (χ0) is 9.52. The van der Waals surface area contributed by atoms with Crippen LogP contribution in [-0.4, -0.2) is 18.8 Å². The second kappa shape index (κ2) is 6.36. The normalized spacial score (nSPS) is 23.5. The maximum atomic E-state index is 12.3. The number of hydrogen-bond acceptors (Lipinski definition) is 1. The SMILES string of the molecule is CC(CF)NC1CCCCCCC1. The van der Waals surface area contributed by atoms with Crippen LogP contribution < -0.4 is 5.32 Å². The molecule has 0 saturated heterocycles. The van der Waals surface area contributed by atoms with Crippen LogP contribution in [-0.2, 0) is 0 Å². The highest BCUT2D eigenvalue weighted by atomic mass is 19.1. The van der Waals surface area contributed by atoms with Gasteiger partial charge in [0.05, 0.1) is 0 Å². The lowest BCUT2D eigenvalue weighted by atomic mass is 9.96. The summed E-state index contributed by atoms with van der Waals surface area (Å²) in [5.74, 6) is 0. The van der Waals surface area contributed by atoms with Gasteiger partial charge in [0, 0.05) is 12.1 Å². The van der Waals surface area contributed by atoms with Crippen molar-refractivity contribution >= 4 is 0 Å². The average Bonchev–Trinajstić information content (AvgIpc) is 2.09. The Morgan fingerprint density at radius 1 is 1.15 bits per heavy atom. The molecule has 13 heavy (non-hydrogen) atoms. The summed E-state index contributed by atoms with van der Waals surface area (Å²) in [6.45, 7) is 1.69. The first kappa shape index (κ1) is 11.0. The maximum Gasteiger partial charge on any atom is 0.104 e. The fourth-order valence-corrected chi connectivity index (χ4v) is 2.07. The second-order valence-corrected chi connectivity index (χ2v) is 4.26. The molecule has 0 amide bonds. The first-order chi connectivity index (χ1) is 6.33. The average molecular weight is 187 g/mol. The Labute approximate surface area is 81.1 Å². The van der Waals surface area contributed by atoms with Gasteiger partial charge >= 0.3 is 0 Å². The summed E-state index contributed by atoms with van der Waals surface area (Å²) >= 11 is 0. The third-order valence-electron chi connectivity index (χ3n) is 2.86. The van der Waals surface area contributed by atoms with Gasteiger partial charge in [-0.1, -0.05) is 32.1 Å². The molecule has 0 radical (unpaired) electrons. The van der Waals surface area contributed by atoms with Gasteiger partial charge in [0.15, 0.2) is 0 Å². The lowest BCUT2D eigenvalue weighted by Crippen LogP contribution is -2.38. The first-order valence-corrected chi connectivity index (χ1v) is 5.65. The van der Waals surface area contributed by atoms with Crippen molar-refractivity contribution in [3.63, 3.8) is 0 Å². The summed E-state index contributed by atoms with van der Waals surface area (Å²) < 4.78 is 12.3. The number of halogens is 1. The van der Waals surface area contributed by atoms with E-state index in [0.717, 1.165) is 0 Å². The molecule has 0 aromatic carbocycles. The largest absolute Gasteiger partial charge is 0.309 e. The Bertz CT molecular complexity index is 119. The molecule has 0 bridgehead atoms. The summed E-state index contributed by atoms with van der Waals surface area (Å²) in [6.07, 6.45) is 9.23. The highest BCUT2D eigenvalue weighted by molar-refractivity contribution is 4.72. The second-order valence-electron chi connectivity index (χ2n) is 4.26. The van der Waals surface area contributed by atoms with Gasteiger partial charge in [-0.3, -0.25) is 0 Å². The van der Waals surface area contributed by atoms with Crippen LogP contribution in [0, 0.1) is 0 Å². The van der Waals surface area contributed by atoms with E-state index in [1.54, 1.807) is 0 Å². The van der Waals surface area contributed by atoms with E-state index in [1.807, 2.05) is 6.92 Å².